The number of hydrogen-bond acceptors (Lipinski definition) is 3. The monoisotopic (exact) mass is 311 g/mol. The number of hydrogen-bond donors (Lipinski definition) is 2. The van der Waals surface area contributed by atoms with Gasteiger partial charge in [0.05, 0.1) is 19.3 Å². The zero-order chi connectivity index (χ0) is 14.5. The largest absolute Gasteiger partial charge is 0.494 e. The molecule has 2 aromatic carbocycles. The van der Waals surface area contributed by atoms with E-state index >= 15 is 0 Å². The molecule has 114 valence electrons. The van der Waals surface area contributed by atoms with Crippen LogP contribution in [-0.4, -0.2) is 18.3 Å². The van der Waals surface area contributed by atoms with Crippen LogP contribution < -0.4 is 10.5 Å². The van der Waals surface area contributed by atoms with Gasteiger partial charge in [0.1, 0.15) is 0 Å². The highest BCUT2D eigenvalue weighted by atomic mass is 35.5. The summed E-state index contributed by atoms with van der Waals surface area (Å²) >= 11 is 0. The number of nitrogens with two attached hydrogens (primary N) is 1. The van der Waals surface area contributed by atoms with Crippen LogP contribution in [0, 0.1) is 5.82 Å². The zero-order valence-corrected chi connectivity index (χ0v) is 12.5. The van der Waals surface area contributed by atoms with Crippen LogP contribution in [0.15, 0.2) is 48.5 Å². The van der Waals surface area contributed by atoms with E-state index in [1.165, 1.54) is 19.2 Å². The number of methoxy groups -OCH3 is 1. The molecule has 2 rings (SSSR count). The van der Waals surface area contributed by atoms with Crippen molar-refractivity contribution >= 4 is 12.4 Å². The number of aliphatic hydroxyl groups excluding tert-OH is 1. The number of halogens is 2. The van der Waals surface area contributed by atoms with Gasteiger partial charge in [-0.2, -0.15) is 0 Å². The molecule has 0 spiro atoms. The number of rotatable bonds is 5. The van der Waals surface area contributed by atoms with Crippen molar-refractivity contribution in [2.75, 3.05) is 7.11 Å². The summed E-state index contributed by atoms with van der Waals surface area (Å²) in [5, 5.41) is 10.2. The van der Waals surface area contributed by atoms with Crippen LogP contribution in [0.1, 0.15) is 17.2 Å². The first-order valence-corrected chi connectivity index (χ1v) is 6.43. The Labute approximate surface area is 130 Å². The first-order valence-electron chi connectivity index (χ1n) is 6.43. The van der Waals surface area contributed by atoms with Gasteiger partial charge in [-0.15, -0.1) is 12.4 Å². The van der Waals surface area contributed by atoms with E-state index in [1.807, 2.05) is 30.3 Å². The molecular weight excluding hydrogens is 293 g/mol. The third-order valence-corrected chi connectivity index (χ3v) is 3.26. The molecule has 2 aromatic rings. The Morgan fingerprint density at radius 2 is 1.86 bits per heavy atom. The van der Waals surface area contributed by atoms with Gasteiger partial charge in [0, 0.05) is 6.42 Å². The first-order chi connectivity index (χ1) is 9.61. The van der Waals surface area contributed by atoms with Crippen LogP contribution in [0.3, 0.4) is 0 Å². The highest BCUT2D eigenvalue weighted by molar-refractivity contribution is 5.85. The van der Waals surface area contributed by atoms with E-state index in [2.05, 4.69) is 0 Å². The van der Waals surface area contributed by atoms with E-state index in [4.69, 9.17) is 10.5 Å². The molecule has 3 N–H and O–H groups in total. The van der Waals surface area contributed by atoms with Crippen molar-refractivity contribution in [3.63, 3.8) is 0 Å². The van der Waals surface area contributed by atoms with E-state index in [-0.39, 0.29) is 18.2 Å². The van der Waals surface area contributed by atoms with E-state index in [0.29, 0.717) is 12.0 Å². The summed E-state index contributed by atoms with van der Waals surface area (Å²) < 4.78 is 18.3. The quantitative estimate of drug-likeness (QED) is 0.892. The lowest BCUT2D eigenvalue weighted by Gasteiger charge is -2.20. The van der Waals surface area contributed by atoms with Gasteiger partial charge in [-0.05, 0) is 23.3 Å². The second kappa shape index (κ2) is 7.98. The Bertz CT molecular complexity index is 565. The first kappa shape index (κ1) is 17.4. The fraction of sp³-hybridized carbons (Fsp3) is 0.250. The van der Waals surface area contributed by atoms with E-state index in [0.717, 1.165) is 5.56 Å². The molecule has 0 radical (unpaired) electrons. The van der Waals surface area contributed by atoms with Crippen molar-refractivity contribution in [1.82, 2.24) is 0 Å². The Kier molecular flexibility index (Phi) is 6.62. The van der Waals surface area contributed by atoms with Crippen molar-refractivity contribution < 1.29 is 14.2 Å². The third-order valence-electron chi connectivity index (χ3n) is 3.26. The SMILES string of the molecule is COc1cc([C@H](N)[C@H](O)Cc2ccccc2)ccc1F.Cl. The van der Waals surface area contributed by atoms with Gasteiger partial charge < -0.3 is 15.6 Å². The van der Waals surface area contributed by atoms with Crippen LogP contribution in [0.2, 0.25) is 0 Å². The molecule has 5 heteroatoms. The Morgan fingerprint density at radius 3 is 2.48 bits per heavy atom. The molecule has 0 amide bonds. The van der Waals surface area contributed by atoms with Crippen LogP contribution in [0.4, 0.5) is 4.39 Å². The van der Waals surface area contributed by atoms with Crippen molar-refractivity contribution in [1.29, 1.82) is 0 Å². The molecule has 0 aromatic heterocycles. The molecule has 0 aliphatic rings. The molecule has 0 fully saturated rings. The van der Waals surface area contributed by atoms with E-state index in [9.17, 15) is 9.50 Å². The topological polar surface area (TPSA) is 55.5 Å². The molecule has 0 aliphatic heterocycles. The maximum atomic E-state index is 13.4. The molecule has 0 saturated carbocycles. The molecule has 0 saturated heterocycles. The zero-order valence-electron chi connectivity index (χ0n) is 11.7. The average molecular weight is 312 g/mol. The van der Waals surface area contributed by atoms with Crippen molar-refractivity contribution in [2.45, 2.75) is 18.6 Å². The highest BCUT2D eigenvalue weighted by Gasteiger charge is 2.18. The van der Waals surface area contributed by atoms with Crippen molar-refractivity contribution in [3.8, 4) is 5.75 Å². The molecule has 21 heavy (non-hydrogen) atoms. The lowest BCUT2D eigenvalue weighted by molar-refractivity contribution is 0.145. The number of benzene rings is 2. The highest BCUT2D eigenvalue weighted by Crippen LogP contribution is 2.24. The summed E-state index contributed by atoms with van der Waals surface area (Å²) in [4.78, 5) is 0. The second-order valence-corrected chi connectivity index (χ2v) is 4.68. The van der Waals surface area contributed by atoms with E-state index in [1.54, 1.807) is 6.07 Å². The minimum atomic E-state index is -0.743. The van der Waals surface area contributed by atoms with Gasteiger partial charge >= 0.3 is 0 Å². The smallest absolute Gasteiger partial charge is 0.165 e. The molecule has 2 atom stereocenters. The Hall–Kier alpha value is -1.62. The number of ether oxygens (including phenoxy) is 1. The summed E-state index contributed by atoms with van der Waals surface area (Å²) in [5.41, 5.74) is 7.68. The van der Waals surface area contributed by atoms with Crippen LogP contribution in [0.5, 0.6) is 5.75 Å². The van der Waals surface area contributed by atoms with Crippen LogP contribution in [-0.2, 0) is 6.42 Å². The lowest BCUT2D eigenvalue weighted by Crippen LogP contribution is -2.28. The van der Waals surface area contributed by atoms with Crippen molar-refractivity contribution in [2.24, 2.45) is 5.73 Å². The maximum Gasteiger partial charge on any atom is 0.165 e. The lowest BCUT2D eigenvalue weighted by atomic mass is 9.96. The predicted molar refractivity (Wildman–Crippen MR) is 83.3 cm³/mol. The van der Waals surface area contributed by atoms with Crippen LogP contribution in [0.25, 0.3) is 0 Å². The Morgan fingerprint density at radius 1 is 1.19 bits per heavy atom. The van der Waals surface area contributed by atoms with Gasteiger partial charge in [0.2, 0.25) is 0 Å². The van der Waals surface area contributed by atoms with Gasteiger partial charge in [-0.3, -0.25) is 0 Å². The number of aliphatic hydroxyl groups is 1. The summed E-state index contributed by atoms with van der Waals surface area (Å²) in [7, 11) is 1.40. The van der Waals surface area contributed by atoms with Crippen molar-refractivity contribution in [3.05, 3.63) is 65.5 Å². The normalized spacial score (nSPS) is 13.1. The molecule has 0 bridgehead atoms. The standard InChI is InChI=1S/C16H18FNO2.ClH/c1-20-15-10-12(7-8-13(15)17)16(18)14(19)9-11-5-3-2-4-6-11;/h2-8,10,14,16,19H,9,18H2,1H3;1H/t14-,16+;/m1./s1. The minimum Gasteiger partial charge on any atom is -0.494 e. The van der Waals surface area contributed by atoms with Gasteiger partial charge in [-0.25, -0.2) is 4.39 Å². The predicted octanol–water partition coefficient (Wildman–Crippen LogP) is 2.86. The van der Waals surface area contributed by atoms with Crippen LogP contribution >= 0.6 is 12.4 Å². The summed E-state index contributed by atoms with van der Waals surface area (Å²) in [5.74, 6) is -0.314. The fourth-order valence-electron chi connectivity index (χ4n) is 2.09. The van der Waals surface area contributed by atoms with Gasteiger partial charge in [-0.1, -0.05) is 36.4 Å². The second-order valence-electron chi connectivity index (χ2n) is 4.68. The molecule has 3 nitrogen and oxygen atoms in total. The fourth-order valence-corrected chi connectivity index (χ4v) is 2.09. The van der Waals surface area contributed by atoms with Gasteiger partial charge in [0.15, 0.2) is 11.6 Å². The van der Waals surface area contributed by atoms with Gasteiger partial charge in [0.25, 0.3) is 0 Å². The molecular formula is C16H19ClFNO2. The average Bonchev–Trinajstić information content (AvgIpc) is 2.48. The summed E-state index contributed by atoms with van der Waals surface area (Å²) in [6.45, 7) is 0. The maximum absolute atomic E-state index is 13.4. The minimum absolute atomic E-state index is 0. The van der Waals surface area contributed by atoms with E-state index < -0.39 is 18.0 Å². The Balaban J connectivity index is 0.00000220. The summed E-state index contributed by atoms with van der Waals surface area (Å²) in [6.07, 6.45) is -0.297. The molecule has 0 heterocycles. The third kappa shape index (κ3) is 4.43. The summed E-state index contributed by atoms with van der Waals surface area (Å²) in [6, 6.07) is 13.4. The molecule has 0 unspecified atom stereocenters. The molecule has 0 aliphatic carbocycles.